The van der Waals surface area contributed by atoms with Gasteiger partial charge in [0.2, 0.25) is 0 Å². The molecule has 1 heterocycles. The van der Waals surface area contributed by atoms with Crippen molar-refractivity contribution >= 4 is 11.8 Å². The van der Waals surface area contributed by atoms with E-state index in [0.717, 1.165) is 12.0 Å². The number of thioether (sulfide) groups is 1. The number of aromatic amines is 1. The molecule has 1 aromatic heterocycles. The van der Waals surface area contributed by atoms with Crippen molar-refractivity contribution in [2.75, 3.05) is 7.11 Å². The fourth-order valence-electron chi connectivity index (χ4n) is 1.98. The third-order valence-corrected chi connectivity index (χ3v) is 4.03. The lowest BCUT2D eigenvalue weighted by atomic mass is 10.2. The number of alkyl halides is 2. The van der Waals surface area contributed by atoms with E-state index in [2.05, 4.69) is 14.9 Å². The number of nitrogens with zero attached hydrogens (tertiary/aromatic N) is 2. The van der Waals surface area contributed by atoms with Crippen LogP contribution in [0.2, 0.25) is 0 Å². The highest BCUT2D eigenvalue weighted by atomic mass is 32.2. The van der Waals surface area contributed by atoms with Crippen LogP contribution in [0.25, 0.3) is 0 Å². The summed E-state index contributed by atoms with van der Waals surface area (Å²) in [4.78, 5) is 11.6. The molecule has 9 heteroatoms. The fraction of sp³-hybridized carbons (Fsp3) is 0.429. The molecule has 0 atom stereocenters. The highest BCUT2D eigenvalue weighted by Gasteiger charge is 2.12. The molecular formula is C14H17F2N3O3S. The van der Waals surface area contributed by atoms with E-state index in [9.17, 15) is 13.6 Å². The summed E-state index contributed by atoms with van der Waals surface area (Å²) in [5, 5.41) is 6.99. The third kappa shape index (κ3) is 4.47. The van der Waals surface area contributed by atoms with Gasteiger partial charge in [0.1, 0.15) is 0 Å². The zero-order chi connectivity index (χ0) is 16.8. The molecule has 0 radical (unpaired) electrons. The molecule has 0 unspecified atom stereocenters. The second kappa shape index (κ2) is 8.00. The van der Waals surface area contributed by atoms with Gasteiger partial charge in [0.05, 0.1) is 7.11 Å². The van der Waals surface area contributed by atoms with E-state index in [1.165, 1.54) is 24.9 Å². The van der Waals surface area contributed by atoms with E-state index in [4.69, 9.17) is 4.74 Å². The predicted octanol–water partition coefficient (Wildman–Crippen LogP) is 2.88. The first-order valence-electron chi connectivity index (χ1n) is 6.94. The molecule has 1 N–H and O–H groups in total. The number of H-pyrrole nitrogens is 1. The van der Waals surface area contributed by atoms with Crippen LogP contribution >= 0.6 is 11.8 Å². The molecular weight excluding hydrogens is 328 g/mol. The van der Waals surface area contributed by atoms with Crippen molar-refractivity contribution < 1.29 is 18.3 Å². The van der Waals surface area contributed by atoms with Gasteiger partial charge in [-0.05, 0) is 24.1 Å². The quantitative estimate of drug-likeness (QED) is 0.745. The number of rotatable bonds is 8. The summed E-state index contributed by atoms with van der Waals surface area (Å²) in [5.41, 5.74) is 0.597. The molecule has 0 amide bonds. The van der Waals surface area contributed by atoms with Crippen LogP contribution in [0.1, 0.15) is 18.9 Å². The molecule has 0 aliphatic heterocycles. The number of hydrogen-bond donors (Lipinski definition) is 1. The molecule has 126 valence electrons. The smallest absolute Gasteiger partial charge is 0.387 e. The first-order chi connectivity index (χ1) is 11.0. The van der Waals surface area contributed by atoms with Crippen LogP contribution in [0.5, 0.6) is 11.5 Å². The van der Waals surface area contributed by atoms with Gasteiger partial charge in [0.25, 0.3) is 0 Å². The molecule has 0 saturated carbocycles. The molecule has 0 fully saturated rings. The van der Waals surface area contributed by atoms with Gasteiger partial charge >= 0.3 is 12.3 Å². The second-order valence-electron chi connectivity index (χ2n) is 4.62. The van der Waals surface area contributed by atoms with Gasteiger partial charge in [-0.15, -0.1) is 5.10 Å². The highest BCUT2D eigenvalue weighted by Crippen LogP contribution is 2.31. The molecule has 2 aromatic rings. The van der Waals surface area contributed by atoms with Crippen LogP contribution in [-0.4, -0.2) is 28.5 Å². The van der Waals surface area contributed by atoms with E-state index >= 15 is 0 Å². The predicted molar refractivity (Wildman–Crippen MR) is 82.3 cm³/mol. The molecule has 6 nitrogen and oxygen atoms in total. The number of benzene rings is 1. The summed E-state index contributed by atoms with van der Waals surface area (Å²) >= 11 is 1.38. The van der Waals surface area contributed by atoms with E-state index in [0.29, 0.717) is 17.5 Å². The van der Waals surface area contributed by atoms with Crippen molar-refractivity contribution in [3.05, 3.63) is 34.2 Å². The number of aromatic nitrogens is 3. The lowest BCUT2D eigenvalue weighted by Gasteiger charge is -2.11. The van der Waals surface area contributed by atoms with Gasteiger partial charge in [-0.2, -0.15) is 8.78 Å². The average molecular weight is 345 g/mol. The number of nitrogens with one attached hydrogen (secondary N) is 1. The van der Waals surface area contributed by atoms with Crippen LogP contribution in [0.3, 0.4) is 0 Å². The Balaban J connectivity index is 2.10. The van der Waals surface area contributed by atoms with Gasteiger partial charge in [-0.1, -0.05) is 24.8 Å². The zero-order valence-corrected chi connectivity index (χ0v) is 13.5. The Hall–Kier alpha value is -2.03. The van der Waals surface area contributed by atoms with Crippen LogP contribution < -0.4 is 15.2 Å². The Kier molecular flexibility index (Phi) is 6.03. The molecule has 0 saturated heterocycles. The van der Waals surface area contributed by atoms with Gasteiger partial charge in [-0.25, -0.2) is 9.89 Å². The summed E-state index contributed by atoms with van der Waals surface area (Å²) in [6.07, 6.45) is 0.820. The standard InChI is InChI=1S/C14H17F2N3O3S/c1-3-6-19-13(20)17-18-14(19)23-8-9-4-5-10(22-12(15)16)11(7-9)21-2/h4-5,7,12H,3,6,8H2,1-2H3,(H,17,20). The first-order valence-corrected chi connectivity index (χ1v) is 7.93. The topological polar surface area (TPSA) is 69.1 Å². The maximum atomic E-state index is 12.3. The van der Waals surface area contributed by atoms with Crippen molar-refractivity contribution in [2.45, 2.75) is 37.4 Å². The number of halogens is 2. The summed E-state index contributed by atoms with van der Waals surface area (Å²) in [7, 11) is 1.39. The summed E-state index contributed by atoms with van der Waals surface area (Å²) in [6, 6.07) is 4.73. The Morgan fingerprint density at radius 3 is 2.83 bits per heavy atom. The van der Waals surface area contributed by atoms with Crippen LogP contribution in [0.15, 0.2) is 28.2 Å². The minimum Gasteiger partial charge on any atom is -0.493 e. The molecule has 0 aliphatic carbocycles. The van der Waals surface area contributed by atoms with E-state index in [1.54, 1.807) is 16.7 Å². The Bertz CT molecular complexity index is 703. The van der Waals surface area contributed by atoms with Crippen molar-refractivity contribution in [2.24, 2.45) is 0 Å². The number of ether oxygens (including phenoxy) is 2. The molecule has 23 heavy (non-hydrogen) atoms. The molecule has 0 aliphatic rings. The SMILES string of the molecule is CCCn1c(SCc2ccc(OC(F)F)c(OC)c2)n[nH]c1=O. The normalized spacial score (nSPS) is 11.0. The third-order valence-electron chi connectivity index (χ3n) is 2.98. The van der Waals surface area contributed by atoms with Gasteiger partial charge < -0.3 is 9.47 Å². The average Bonchev–Trinajstić information content (AvgIpc) is 2.87. The molecule has 0 bridgehead atoms. The minimum atomic E-state index is -2.91. The summed E-state index contributed by atoms with van der Waals surface area (Å²) in [5.74, 6) is 0.731. The Morgan fingerprint density at radius 1 is 1.39 bits per heavy atom. The van der Waals surface area contributed by atoms with Crippen LogP contribution in [-0.2, 0) is 12.3 Å². The summed E-state index contributed by atoms with van der Waals surface area (Å²) in [6.45, 7) is -0.348. The summed E-state index contributed by atoms with van der Waals surface area (Å²) < 4.78 is 35.6. The number of methoxy groups -OCH3 is 1. The first kappa shape index (κ1) is 17.3. The lowest BCUT2D eigenvalue weighted by Crippen LogP contribution is -2.17. The van der Waals surface area contributed by atoms with Crippen molar-refractivity contribution in [1.82, 2.24) is 14.8 Å². The molecule has 0 spiro atoms. The van der Waals surface area contributed by atoms with Crippen LogP contribution in [0, 0.1) is 0 Å². The van der Waals surface area contributed by atoms with Gasteiger partial charge in [0.15, 0.2) is 16.7 Å². The van der Waals surface area contributed by atoms with Crippen molar-refractivity contribution in [1.29, 1.82) is 0 Å². The van der Waals surface area contributed by atoms with E-state index in [-0.39, 0.29) is 17.2 Å². The molecule has 1 aromatic carbocycles. The Labute approximate surface area is 135 Å². The highest BCUT2D eigenvalue weighted by molar-refractivity contribution is 7.98. The van der Waals surface area contributed by atoms with Gasteiger partial charge in [0, 0.05) is 12.3 Å². The molecule has 2 rings (SSSR count). The lowest BCUT2D eigenvalue weighted by molar-refractivity contribution is -0.0512. The van der Waals surface area contributed by atoms with Gasteiger partial charge in [-0.3, -0.25) is 4.57 Å². The second-order valence-corrected chi connectivity index (χ2v) is 5.56. The number of hydrogen-bond acceptors (Lipinski definition) is 5. The minimum absolute atomic E-state index is 0.0149. The maximum Gasteiger partial charge on any atom is 0.387 e. The van der Waals surface area contributed by atoms with Crippen molar-refractivity contribution in [3.8, 4) is 11.5 Å². The zero-order valence-electron chi connectivity index (χ0n) is 12.7. The van der Waals surface area contributed by atoms with E-state index in [1.807, 2.05) is 6.92 Å². The largest absolute Gasteiger partial charge is 0.493 e. The van der Waals surface area contributed by atoms with Crippen molar-refractivity contribution in [3.63, 3.8) is 0 Å². The fourth-order valence-corrected chi connectivity index (χ4v) is 2.89. The van der Waals surface area contributed by atoms with E-state index < -0.39 is 6.61 Å². The maximum absolute atomic E-state index is 12.3. The van der Waals surface area contributed by atoms with Crippen LogP contribution in [0.4, 0.5) is 8.78 Å². The Morgan fingerprint density at radius 2 is 2.17 bits per heavy atom. The monoisotopic (exact) mass is 345 g/mol.